The molecule has 14 heavy (non-hydrogen) atoms. The van der Waals surface area contributed by atoms with Crippen molar-refractivity contribution < 1.29 is 4.79 Å². The Morgan fingerprint density at radius 1 is 1.36 bits per heavy atom. The summed E-state index contributed by atoms with van der Waals surface area (Å²) >= 11 is 0. The van der Waals surface area contributed by atoms with Crippen LogP contribution in [0.25, 0.3) is 0 Å². The Morgan fingerprint density at radius 3 is 2.71 bits per heavy atom. The zero-order valence-electron chi connectivity index (χ0n) is 8.49. The molecule has 0 aromatic carbocycles. The van der Waals surface area contributed by atoms with Gasteiger partial charge in [0.15, 0.2) is 5.78 Å². The molecule has 1 aromatic heterocycles. The number of ketones is 1. The smallest absolute Gasteiger partial charge is 0.184 e. The molecule has 2 heteroatoms. The van der Waals surface area contributed by atoms with E-state index in [1.54, 1.807) is 0 Å². The molecule has 0 saturated heterocycles. The van der Waals surface area contributed by atoms with Crippen molar-refractivity contribution in [3.8, 4) is 0 Å². The number of hydrogen-bond donors (Lipinski definition) is 0. The second-order valence-electron chi connectivity index (χ2n) is 4.01. The van der Waals surface area contributed by atoms with Gasteiger partial charge in [-0.3, -0.25) is 9.78 Å². The molecule has 1 heterocycles. The van der Waals surface area contributed by atoms with Crippen molar-refractivity contribution in [3.63, 3.8) is 0 Å². The predicted molar refractivity (Wildman–Crippen MR) is 55.3 cm³/mol. The first-order chi connectivity index (χ1) is 6.77. The van der Waals surface area contributed by atoms with Gasteiger partial charge in [-0.1, -0.05) is 18.9 Å². The van der Waals surface area contributed by atoms with E-state index in [-0.39, 0.29) is 11.7 Å². The van der Waals surface area contributed by atoms with Gasteiger partial charge in [0, 0.05) is 11.6 Å². The van der Waals surface area contributed by atoms with E-state index in [4.69, 9.17) is 0 Å². The third-order valence-electron chi connectivity index (χ3n) is 2.87. The number of nitrogens with zero attached hydrogens (tertiary/aromatic N) is 1. The first-order valence-electron chi connectivity index (χ1n) is 5.25. The zero-order valence-corrected chi connectivity index (χ0v) is 8.49. The van der Waals surface area contributed by atoms with E-state index in [9.17, 15) is 4.79 Å². The van der Waals surface area contributed by atoms with Crippen molar-refractivity contribution in [2.24, 2.45) is 5.92 Å². The highest BCUT2D eigenvalue weighted by atomic mass is 16.1. The van der Waals surface area contributed by atoms with Crippen LogP contribution >= 0.6 is 0 Å². The van der Waals surface area contributed by atoms with E-state index in [0.29, 0.717) is 5.69 Å². The molecule has 0 N–H and O–H groups in total. The third-order valence-corrected chi connectivity index (χ3v) is 2.87. The number of Topliss-reactive ketones (excluding diaryl/α,β-unsaturated/α-hetero) is 1. The fourth-order valence-corrected chi connectivity index (χ4v) is 2.08. The minimum Gasteiger partial charge on any atom is -0.292 e. The number of carbonyl (C=O) groups excluding carboxylic acids is 1. The van der Waals surface area contributed by atoms with Crippen molar-refractivity contribution in [2.75, 3.05) is 0 Å². The van der Waals surface area contributed by atoms with Gasteiger partial charge in [0.1, 0.15) is 5.69 Å². The Balaban J connectivity index is 2.17. The lowest BCUT2D eigenvalue weighted by Gasteiger charge is -2.06. The molecular weight excluding hydrogens is 174 g/mol. The summed E-state index contributed by atoms with van der Waals surface area (Å²) in [6.45, 7) is 1.92. The molecule has 2 rings (SSSR count). The summed E-state index contributed by atoms with van der Waals surface area (Å²) in [4.78, 5) is 16.2. The maximum absolute atomic E-state index is 11.9. The maximum Gasteiger partial charge on any atom is 0.184 e. The van der Waals surface area contributed by atoms with Crippen LogP contribution < -0.4 is 0 Å². The van der Waals surface area contributed by atoms with Crippen LogP contribution in [0, 0.1) is 12.8 Å². The average Bonchev–Trinajstić information content (AvgIpc) is 2.69. The monoisotopic (exact) mass is 189 g/mol. The van der Waals surface area contributed by atoms with Crippen LogP contribution in [0.15, 0.2) is 18.2 Å². The van der Waals surface area contributed by atoms with Crippen LogP contribution in [0.1, 0.15) is 41.9 Å². The molecule has 0 atom stereocenters. The molecule has 0 aliphatic heterocycles. The molecule has 2 nitrogen and oxygen atoms in total. The van der Waals surface area contributed by atoms with Crippen molar-refractivity contribution >= 4 is 5.78 Å². The van der Waals surface area contributed by atoms with E-state index in [2.05, 4.69) is 4.98 Å². The van der Waals surface area contributed by atoms with E-state index >= 15 is 0 Å². The van der Waals surface area contributed by atoms with Crippen molar-refractivity contribution in [2.45, 2.75) is 32.6 Å². The molecule has 0 radical (unpaired) electrons. The quantitative estimate of drug-likeness (QED) is 0.669. The largest absolute Gasteiger partial charge is 0.292 e. The zero-order chi connectivity index (χ0) is 9.97. The minimum absolute atomic E-state index is 0.240. The van der Waals surface area contributed by atoms with Crippen LogP contribution in [-0.4, -0.2) is 10.8 Å². The molecule has 0 bridgehead atoms. The molecule has 74 valence electrons. The highest BCUT2D eigenvalue weighted by Crippen LogP contribution is 2.27. The highest BCUT2D eigenvalue weighted by Gasteiger charge is 2.24. The van der Waals surface area contributed by atoms with Crippen LogP contribution in [0.5, 0.6) is 0 Å². The fraction of sp³-hybridized carbons (Fsp3) is 0.500. The Hall–Kier alpha value is -1.18. The average molecular weight is 189 g/mol. The van der Waals surface area contributed by atoms with Crippen LogP contribution in [0.3, 0.4) is 0 Å². The first kappa shape index (κ1) is 9.38. The molecule has 0 unspecified atom stereocenters. The van der Waals surface area contributed by atoms with Crippen LogP contribution in [-0.2, 0) is 0 Å². The normalized spacial score (nSPS) is 17.2. The molecule has 1 aromatic rings. The number of aromatic nitrogens is 1. The second kappa shape index (κ2) is 3.91. The molecular formula is C12H15NO. The standard InChI is InChI=1S/C12H15NO/c1-9-5-4-8-11(13-9)12(14)10-6-2-3-7-10/h4-5,8,10H,2-3,6-7H2,1H3. The van der Waals surface area contributed by atoms with Crippen molar-refractivity contribution in [1.29, 1.82) is 0 Å². The number of aryl methyl sites for hydroxylation is 1. The van der Waals surface area contributed by atoms with Gasteiger partial charge in [0.25, 0.3) is 0 Å². The predicted octanol–water partition coefficient (Wildman–Crippen LogP) is 2.76. The summed E-state index contributed by atoms with van der Waals surface area (Å²) in [6, 6.07) is 5.66. The Kier molecular flexibility index (Phi) is 2.62. The summed E-state index contributed by atoms with van der Waals surface area (Å²) in [5.41, 5.74) is 1.57. The Morgan fingerprint density at radius 2 is 2.07 bits per heavy atom. The molecule has 1 aliphatic rings. The van der Waals surface area contributed by atoms with Gasteiger partial charge in [-0.05, 0) is 31.9 Å². The van der Waals surface area contributed by atoms with Gasteiger partial charge >= 0.3 is 0 Å². The number of carbonyl (C=O) groups is 1. The summed E-state index contributed by atoms with van der Waals surface area (Å²) in [6.07, 6.45) is 4.49. The third kappa shape index (κ3) is 1.84. The van der Waals surface area contributed by atoms with Gasteiger partial charge in [-0.25, -0.2) is 0 Å². The molecule has 1 saturated carbocycles. The van der Waals surface area contributed by atoms with Gasteiger partial charge in [0.2, 0.25) is 0 Å². The van der Waals surface area contributed by atoms with E-state index in [0.717, 1.165) is 18.5 Å². The summed E-state index contributed by atoms with van der Waals surface area (Å²) < 4.78 is 0. The fourth-order valence-electron chi connectivity index (χ4n) is 2.08. The van der Waals surface area contributed by atoms with E-state index < -0.39 is 0 Å². The summed E-state index contributed by atoms with van der Waals surface area (Å²) in [5.74, 6) is 0.482. The van der Waals surface area contributed by atoms with Crippen LogP contribution in [0.4, 0.5) is 0 Å². The Bertz CT molecular complexity index is 340. The van der Waals surface area contributed by atoms with E-state index in [1.165, 1.54) is 12.8 Å². The van der Waals surface area contributed by atoms with Gasteiger partial charge in [-0.15, -0.1) is 0 Å². The molecule has 0 spiro atoms. The van der Waals surface area contributed by atoms with Gasteiger partial charge in [-0.2, -0.15) is 0 Å². The van der Waals surface area contributed by atoms with Crippen molar-refractivity contribution in [1.82, 2.24) is 4.98 Å². The SMILES string of the molecule is Cc1cccc(C(=O)C2CCCC2)n1. The van der Waals surface area contributed by atoms with Gasteiger partial charge in [0.05, 0.1) is 0 Å². The number of hydrogen-bond acceptors (Lipinski definition) is 2. The van der Waals surface area contributed by atoms with Crippen molar-refractivity contribution in [3.05, 3.63) is 29.6 Å². The maximum atomic E-state index is 11.9. The second-order valence-corrected chi connectivity index (χ2v) is 4.01. The number of rotatable bonds is 2. The highest BCUT2D eigenvalue weighted by molar-refractivity contribution is 5.96. The molecule has 1 fully saturated rings. The Labute approximate surface area is 84.4 Å². The van der Waals surface area contributed by atoms with Crippen LogP contribution in [0.2, 0.25) is 0 Å². The summed E-state index contributed by atoms with van der Waals surface area (Å²) in [5, 5.41) is 0. The molecule has 1 aliphatic carbocycles. The van der Waals surface area contributed by atoms with E-state index in [1.807, 2.05) is 25.1 Å². The topological polar surface area (TPSA) is 30.0 Å². The first-order valence-corrected chi connectivity index (χ1v) is 5.25. The lowest BCUT2D eigenvalue weighted by molar-refractivity contribution is 0.0917. The lowest BCUT2D eigenvalue weighted by Crippen LogP contribution is -2.12. The lowest BCUT2D eigenvalue weighted by atomic mass is 10.00. The number of pyridine rings is 1. The molecule has 0 amide bonds. The minimum atomic E-state index is 0.240. The summed E-state index contributed by atoms with van der Waals surface area (Å²) in [7, 11) is 0. The van der Waals surface area contributed by atoms with Gasteiger partial charge < -0.3 is 0 Å².